The van der Waals surface area contributed by atoms with Crippen molar-refractivity contribution in [3.05, 3.63) is 33.8 Å². The van der Waals surface area contributed by atoms with Crippen molar-refractivity contribution in [3.8, 4) is 0 Å². The molecule has 2 rings (SSSR count). The Morgan fingerprint density at radius 2 is 1.80 bits per heavy atom. The topological polar surface area (TPSA) is 20.3 Å². The number of Topliss-reactive ketones (excluding diaryl/α,β-unsaturated/α-hetero) is 1. The molecule has 110 valence electrons. The molecule has 1 aliphatic rings. The molecule has 0 saturated heterocycles. The van der Waals surface area contributed by atoms with E-state index in [1.54, 1.807) is 14.1 Å². The molecular formula is C15H18BrF2NO. The van der Waals surface area contributed by atoms with Gasteiger partial charge in [0.25, 0.3) is 0 Å². The molecule has 1 aromatic rings. The molecule has 0 bridgehead atoms. The zero-order chi connectivity index (χ0) is 14.9. The number of halogens is 3. The summed E-state index contributed by atoms with van der Waals surface area (Å²) >= 11 is 3.02. The van der Waals surface area contributed by atoms with Gasteiger partial charge in [0, 0.05) is 0 Å². The first-order valence-electron chi connectivity index (χ1n) is 6.76. The van der Waals surface area contributed by atoms with Crippen molar-refractivity contribution in [2.45, 2.75) is 37.6 Å². The van der Waals surface area contributed by atoms with Gasteiger partial charge in [-0.15, -0.1) is 0 Å². The molecule has 1 aromatic carbocycles. The van der Waals surface area contributed by atoms with Gasteiger partial charge in [0.2, 0.25) is 0 Å². The number of carbonyl (C=O) groups is 1. The summed E-state index contributed by atoms with van der Waals surface area (Å²) in [7, 11) is 3.61. The van der Waals surface area contributed by atoms with Crippen LogP contribution in [-0.4, -0.2) is 30.3 Å². The second kappa shape index (κ2) is 5.90. The zero-order valence-corrected chi connectivity index (χ0v) is 13.3. The standard InChI is InChI=1S/C15H18BrF2NO/c1-19(2)15(8-4-3-5-9-15)14(20)12-11(17)7-6-10(16)13(12)18/h6-7H,3-5,8-9H2,1-2H3. The molecule has 0 aromatic heterocycles. The molecule has 0 N–H and O–H groups in total. The van der Waals surface area contributed by atoms with Gasteiger partial charge in [0.1, 0.15) is 5.82 Å². The van der Waals surface area contributed by atoms with Crippen molar-refractivity contribution >= 4 is 21.7 Å². The predicted octanol–water partition coefficient (Wildman–Crippen LogP) is 4.17. The third-order valence-electron chi connectivity index (χ3n) is 4.23. The van der Waals surface area contributed by atoms with E-state index in [0.29, 0.717) is 12.8 Å². The number of nitrogens with zero attached hydrogens (tertiary/aromatic N) is 1. The first-order valence-corrected chi connectivity index (χ1v) is 7.55. The molecule has 0 atom stereocenters. The van der Waals surface area contributed by atoms with Crippen molar-refractivity contribution < 1.29 is 13.6 Å². The second-order valence-corrected chi connectivity index (χ2v) is 6.39. The highest BCUT2D eigenvalue weighted by Gasteiger charge is 2.44. The molecule has 0 aliphatic heterocycles. The van der Waals surface area contributed by atoms with Crippen LogP contribution >= 0.6 is 15.9 Å². The fourth-order valence-corrected chi connectivity index (χ4v) is 3.31. The number of rotatable bonds is 3. The monoisotopic (exact) mass is 345 g/mol. The van der Waals surface area contributed by atoms with E-state index in [4.69, 9.17) is 0 Å². The number of hydrogen-bond acceptors (Lipinski definition) is 2. The third-order valence-corrected chi connectivity index (χ3v) is 4.84. The summed E-state index contributed by atoms with van der Waals surface area (Å²) in [6.45, 7) is 0. The van der Waals surface area contributed by atoms with Crippen LogP contribution in [0.1, 0.15) is 42.5 Å². The van der Waals surface area contributed by atoms with E-state index in [2.05, 4.69) is 15.9 Å². The minimum atomic E-state index is -0.804. The van der Waals surface area contributed by atoms with E-state index >= 15 is 0 Å². The Labute approximate surface area is 126 Å². The molecular weight excluding hydrogens is 328 g/mol. The number of ketones is 1. The molecule has 2 nitrogen and oxygen atoms in total. The van der Waals surface area contributed by atoms with Gasteiger partial charge in [-0.05, 0) is 55.0 Å². The molecule has 0 unspecified atom stereocenters. The quantitative estimate of drug-likeness (QED) is 0.605. The van der Waals surface area contributed by atoms with Crippen LogP contribution in [0.4, 0.5) is 8.78 Å². The predicted molar refractivity (Wildman–Crippen MR) is 77.9 cm³/mol. The van der Waals surface area contributed by atoms with Crippen molar-refractivity contribution in [2.24, 2.45) is 0 Å². The summed E-state index contributed by atoms with van der Waals surface area (Å²) < 4.78 is 28.3. The number of carbonyl (C=O) groups excluding carboxylic acids is 1. The van der Waals surface area contributed by atoms with Crippen LogP contribution in [0.25, 0.3) is 0 Å². The Morgan fingerprint density at radius 3 is 2.35 bits per heavy atom. The van der Waals surface area contributed by atoms with Crippen LogP contribution in [0.3, 0.4) is 0 Å². The lowest BCUT2D eigenvalue weighted by molar-refractivity contribution is 0.0554. The maximum Gasteiger partial charge on any atom is 0.188 e. The minimum Gasteiger partial charge on any atom is -0.297 e. The molecule has 20 heavy (non-hydrogen) atoms. The van der Waals surface area contributed by atoms with Crippen LogP contribution in [0.2, 0.25) is 0 Å². The lowest BCUT2D eigenvalue weighted by atomic mass is 9.75. The normalized spacial score (nSPS) is 18.3. The Kier molecular flexibility index (Phi) is 4.59. The molecule has 1 aliphatic carbocycles. The zero-order valence-electron chi connectivity index (χ0n) is 11.7. The van der Waals surface area contributed by atoms with Crippen molar-refractivity contribution in [2.75, 3.05) is 14.1 Å². The highest BCUT2D eigenvalue weighted by Crippen LogP contribution is 2.37. The average molecular weight is 346 g/mol. The van der Waals surface area contributed by atoms with Crippen molar-refractivity contribution in [1.29, 1.82) is 0 Å². The van der Waals surface area contributed by atoms with Crippen LogP contribution in [0.5, 0.6) is 0 Å². The fraction of sp³-hybridized carbons (Fsp3) is 0.533. The number of hydrogen-bond donors (Lipinski definition) is 0. The van der Waals surface area contributed by atoms with Crippen LogP contribution in [0.15, 0.2) is 16.6 Å². The summed E-state index contributed by atoms with van der Waals surface area (Å²) in [4.78, 5) is 14.6. The lowest BCUT2D eigenvalue weighted by Crippen LogP contribution is -2.52. The van der Waals surface area contributed by atoms with Crippen LogP contribution in [0, 0.1) is 11.6 Å². The second-order valence-electron chi connectivity index (χ2n) is 5.53. The third kappa shape index (κ3) is 2.53. The smallest absolute Gasteiger partial charge is 0.188 e. The van der Waals surface area contributed by atoms with Crippen molar-refractivity contribution in [1.82, 2.24) is 4.90 Å². The summed E-state index contributed by atoms with van der Waals surface area (Å²) in [5.74, 6) is -2.04. The maximum atomic E-state index is 14.2. The first kappa shape index (κ1) is 15.6. The van der Waals surface area contributed by atoms with Gasteiger partial charge >= 0.3 is 0 Å². The van der Waals surface area contributed by atoms with Gasteiger partial charge in [-0.3, -0.25) is 9.69 Å². The average Bonchev–Trinajstić information content (AvgIpc) is 2.43. The summed E-state index contributed by atoms with van der Waals surface area (Å²) in [6.07, 6.45) is 4.16. The lowest BCUT2D eigenvalue weighted by Gasteiger charge is -2.41. The molecule has 0 spiro atoms. The van der Waals surface area contributed by atoms with E-state index in [1.807, 2.05) is 4.90 Å². The highest BCUT2D eigenvalue weighted by molar-refractivity contribution is 9.10. The summed E-state index contributed by atoms with van der Waals surface area (Å²) in [5.41, 5.74) is -1.21. The largest absolute Gasteiger partial charge is 0.297 e. The van der Waals surface area contributed by atoms with Gasteiger partial charge in [-0.1, -0.05) is 19.3 Å². The van der Waals surface area contributed by atoms with Crippen LogP contribution in [-0.2, 0) is 0 Å². The fourth-order valence-electron chi connectivity index (χ4n) is 2.98. The van der Waals surface area contributed by atoms with E-state index < -0.39 is 28.5 Å². The Morgan fingerprint density at radius 1 is 1.20 bits per heavy atom. The van der Waals surface area contributed by atoms with E-state index in [1.165, 1.54) is 6.07 Å². The van der Waals surface area contributed by atoms with E-state index in [9.17, 15) is 13.6 Å². The number of benzene rings is 1. The van der Waals surface area contributed by atoms with E-state index in [0.717, 1.165) is 25.3 Å². The molecule has 0 heterocycles. The SMILES string of the molecule is CN(C)C1(C(=O)c2c(F)ccc(Br)c2F)CCCCC1. The van der Waals surface area contributed by atoms with Crippen molar-refractivity contribution in [3.63, 3.8) is 0 Å². The van der Waals surface area contributed by atoms with Gasteiger partial charge in [0.15, 0.2) is 11.6 Å². The van der Waals surface area contributed by atoms with Crippen LogP contribution < -0.4 is 0 Å². The first-order chi connectivity index (χ1) is 9.40. The molecule has 1 fully saturated rings. The maximum absolute atomic E-state index is 14.2. The van der Waals surface area contributed by atoms with E-state index in [-0.39, 0.29) is 4.47 Å². The highest BCUT2D eigenvalue weighted by atomic mass is 79.9. The number of likely N-dealkylation sites (N-methyl/N-ethyl adjacent to an activating group) is 1. The molecule has 0 radical (unpaired) electrons. The van der Waals surface area contributed by atoms with Gasteiger partial charge < -0.3 is 0 Å². The summed E-state index contributed by atoms with van der Waals surface area (Å²) in [6, 6.07) is 2.41. The molecule has 5 heteroatoms. The van der Waals surface area contributed by atoms with Gasteiger partial charge in [-0.25, -0.2) is 8.78 Å². The molecule has 1 saturated carbocycles. The minimum absolute atomic E-state index is 0.118. The van der Waals surface area contributed by atoms with Gasteiger partial charge in [0.05, 0.1) is 15.6 Å². The Hall–Kier alpha value is -0.810. The Bertz CT molecular complexity index is 525. The summed E-state index contributed by atoms with van der Waals surface area (Å²) in [5, 5.41) is 0. The molecule has 0 amide bonds. The Balaban J connectivity index is 2.51. The van der Waals surface area contributed by atoms with Gasteiger partial charge in [-0.2, -0.15) is 0 Å².